The third kappa shape index (κ3) is 3.83. The highest BCUT2D eigenvalue weighted by Crippen LogP contribution is 2.26. The van der Waals surface area contributed by atoms with Crippen molar-refractivity contribution < 1.29 is 9.53 Å². The van der Waals surface area contributed by atoms with Crippen molar-refractivity contribution in [3.05, 3.63) is 17.3 Å². The van der Waals surface area contributed by atoms with Gasteiger partial charge in [0.2, 0.25) is 0 Å². The van der Waals surface area contributed by atoms with E-state index in [1.54, 1.807) is 11.3 Å². The number of rotatable bonds is 7. The Balaban J connectivity index is 2.10. The number of thioether (sulfide) groups is 1. The average Bonchev–Trinajstić information content (AvgIpc) is 2.93. The lowest BCUT2D eigenvalue weighted by molar-refractivity contribution is -0.137. The number of nitrogens with zero attached hydrogens (tertiary/aromatic N) is 2. The number of hydrogen-bond donors (Lipinski definition) is 1. The van der Waals surface area contributed by atoms with E-state index in [9.17, 15) is 4.79 Å². The quantitative estimate of drug-likeness (QED) is 0.793. The van der Waals surface area contributed by atoms with Crippen molar-refractivity contribution in [2.75, 3.05) is 24.7 Å². The Morgan fingerprint density at radius 1 is 1.50 bits per heavy atom. The summed E-state index contributed by atoms with van der Waals surface area (Å²) in [5.74, 6) is 2.32. The lowest BCUT2D eigenvalue weighted by Gasteiger charge is -2.07. The maximum absolute atomic E-state index is 11.1. The molecule has 2 aromatic heterocycles. The van der Waals surface area contributed by atoms with Crippen LogP contribution in [0.1, 0.15) is 19.2 Å². The van der Waals surface area contributed by atoms with E-state index in [0.29, 0.717) is 11.5 Å². The minimum absolute atomic E-state index is 0.225. The molecular formula is C13H17N3O2S2. The molecule has 5 nitrogen and oxygen atoms in total. The first-order valence-corrected chi connectivity index (χ1v) is 8.40. The smallest absolute Gasteiger partial charge is 0.315 e. The van der Waals surface area contributed by atoms with Gasteiger partial charge in [-0.15, -0.1) is 23.1 Å². The molecule has 0 bridgehead atoms. The van der Waals surface area contributed by atoms with Gasteiger partial charge < -0.3 is 10.1 Å². The van der Waals surface area contributed by atoms with Gasteiger partial charge in [0.05, 0.1) is 24.0 Å². The van der Waals surface area contributed by atoms with E-state index < -0.39 is 0 Å². The van der Waals surface area contributed by atoms with E-state index in [0.717, 1.165) is 34.8 Å². The van der Waals surface area contributed by atoms with Crippen molar-refractivity contribution in [3.8, 4) is 0 Å². The predicted octanol–water partition coefficient (Wildman–Crippen LogP) is 2.92. The fourth-order valence-corrected chi connectivity index (χ4v) is 3.11. The third-order valence-corrected chi connectivity index (χ3v) is 4.30. The van der Waals surface area contributed by atoms with Crippen LogP contribution in [0.2, 0.25) is 0 Å². The van der Waals surface area contributed by atoms with Crippen LogP contribution in [0.3, 0.4) is 0 Å². The second-order valence-electron chi connectivity index (χ2n) is 4.12. The zero-order valence-electron chi connectivity index (χ0n) is 11.5. The number of carbonyl (C=O) groups is 1. The summed E-state index contributed by atoms with van der Waals surface area (Å²) in [6.07, 6.45) is 1.04. The number of carbonyl (C=O) groups excluding carboxylic acids is 1. The molecule has 108 valence electrons. The summed E-state index contributed by atoms with van der Waals surface area (Å²) in [6, 6.07) is 2.03. The van der Waals surface area contributed by atoms with Gasteiger partial charge >= 0.3 is 5.97 Å². The number of thiophene rings is 1. The zero-order chi connectivity index (χ0) is 14.4. The van der Waals surface area contributed by atoms with Gasteiger partial charge in [0, 0.05) is 6.54 Å². The average molecular weight is 311 g/mol. The Morgan fingerprint density at radius 2 is 2.35 bits per heavy atom. The number of fused-ring (bicyclic) bond motifs is 1. The molecular weight excluding hydrogens is 294 g/mol. The molecule has 7 heteroatoms. The van der Waals surface area contributed by atoms with Gasteiger partial charge in [-0.3, -0.25) is 4.79 Å². The molecule has 0 aliphatic rings. The second-order valence-corrected chi connectivity index (χ2v) is 6.00. The predicted molar refractivity (Wildman–Crippen MR) is 84.4 cm³/mol. The summed E-state index contributed by atoms with van der Waals surface area (Å²) in [5.41, 5.74) is 0. The van der Waals surface area contributed by atoms with Crippen molar-refractivity contribution in [3.63, 3.8) is 0 Å². The highest BCUT2D eigenvalue weighted by molar-refractivity contribution is 7.99. The summed E-state index contributed by atoms with van der Waals surface area (Å²) >= 11 is 3.06. The SMILES string of the molecule is CCCNc1nc(CSCC(=O)OC)nc2sccc12. The van der Waals surface area contributed by atoms with E-state index in [1.165, 1.54) is 18.9 Å². The first-order valence-electron chi connectivity index (χ1n) is 6.37. The molecule has 0 aromatic carbocycles. The van der Waals surface area contributed by atoms with Crippen LogP contribution in [-0.4, -0.2) is 35.3 Å². The van der Waals surface area contributed by atoms with E-state index >= 15 is 0 Å². The van der Waals surface area contributed by atoms with Crippen molar-refractivity contribution in [2.45, 2.75) is 19.1 Å². The van der Waals surface area contributed by atoms with Crippen LogP contribution < -0.4 is 5.32 Å². The topological polar surface area (TPSA) is 64.1 Å². The molecule has 0 unspecified atom stereocenters. The molecule has 0 saturated heterocycles. The van der Waals surface area contributed by atoms with Gasteiger partial charge in [0.25, 0.3) is 0 Å². The van der Waals surface area contributed by atoms with Crippen LogP contribution in [0.25, 0.3) is 10.2 Å². The van der Waals surface area contributed by atoms with E-state index in [2.05, 4.69) is 26.9 Å². The first kappa shape index (κ1) is 15.1. The molecule has 0 fully saturated rings. The summed E-state index contributed by atoms with van der Waals surface area (Å²) in [7, 11) is 1.39. The molecule has 0 spiro atoms. The zero-order valence-corrected chi connectivity index (χ0v) is 13.1. The Bertz CT molecular complexity index is 586. The fraction of sp³-hybridized carbons (Fsp3) is 0.462. The summed E-state index contributed by atoms with van der Waals surface area (Å²) < 4.78 is 4.61. The van der Waals surface area contributed by atoms with Crippen LogP contribution in [0.4, 0.5) is 5.82 Å². The molecule has 2 aromatic rings. The fourth-order valence-electron chi connectivity index (χ4n) is 1.63. The highest BCUT2D eigenvalue weighted by atomic mass is 32.2. The van der Waals surface area contributed by atoms with E-state index in [-0.39, 0.29) is 5.97 Å². The Morgan fingerprint density at radius 3 is 3.10 bits per heavy atom. The molecule has 0 atom stereocenters. The van der Waals surface area contributed by atoms with Gasteiger partial charge in [0.1, 0.15) is 16.5 Å². The largest absolute Gasteiger partial charge is 0.468 e. The minimum Gasteiger partial charge on any atom is -0.468 e. The van der Waals surface area contributed by atoms with Gasteiger partial charge in [-0.05, 0) is 17.9 Å². The number of nitrogens with one attached hydrogen (secondary N) is 1. The van der Waals surface area contributed by atoms with Crippen LogP contribution in [-0.2, 0) is 15.3 Å². The molecule has 20 heavy (non-hydrogen) atoms. The van der Waals surface area contributed by atoms with E-state index in [4.69, 9.17) is 0 Å². The van der Waals surface area contributed by atoms with Crippen LogP contribution in [0.15, 0.2) is 11.4 Å². The van der Waals surface area contributed by atoms with Gasteiger partial charge in [-0.2, -0.15) is 0 Å². The first-order chi connectivity index (χ1) is 9.74. The standard InChI is InChI=1S/C13H17N3O2S2/c1-3-5-14-12-9-4-6-20-13(9)16-10(15-12)7-19-8-11(17)18-2/h4,6H,3,5,7-8H2,1-2H3,(H,14,15,16). The maximum Gasteiger partial charge on any atom is 0.315 e. The van der Waals surface area contributed by atoms with Crippen molar-refractivity contribution in [1.82, 2.24) is 9.97 Å². The number of methoxy groups -OCH3 is 1. The van der Waals surface area contributed by atoms with Crippen LogP contribution in [0, 0.1) is 0 Å². The highest BCUT2D eigenvalue weighted by Gasteiger charge is 2.09. The van der Waals surface area contributed by atoms with Gasteiger partial charge in [0.15, 0.2) is 0 Å². The molecule has 0 aliphatic heterocycles. The second kappa shape index (κ2) is 7.44. The van der Waals surface area contributed by atoms with Crippen LogP contribution in [0.5, 0.6) is 0 Å². The van der Waals surface area contributed by atoms with Gasteiger partial charge in [-0.25, -0.2) is 9.97 Å². The lowest BCUT2D eigenvalue weighted by Crippen LogP contribution is -2.06. The van der Waals surface area contributed by atoms with Crippen molar-refractivity contribution in [1.29, 1.82) is 0 Å². The van der Waals surface area contributed by atoms with Crippen molar-refractivity contribution >= 4 is 45.1 Å². The number of esters is 1. The van der Waals surface area contributed by atoms with E-state index in [1.807, 2.05) is 11.4 Å². The Hall–Kier alpha value is -1.34. The molecule has 0 radical (unpaired) electrons. The molecule has 0 saturated carbocycles. The maximum atomic E-state index is 11.1. The number of aromatic nitrogens is 2. The Kier molecular flexibility index (Phi) is 5.60. The molecule has 0 aliphatic carbocycles. The Labute approximate surface area is 126 Å². The molecule has 2 heterocycles. The molecule has 2 rings (SSSR count). The van der Waals surface area contributed by atoms with Crippen molar-refractivity contribution in [2.24, 2.45) is 0 Å². The minimum atomic E-state index is -0.225. The van der Waals surface area contributed by atoms with Crippen LogP contribution >= 0.6 is 23.1 Å². The normalized spacial score (nSPS) is 10.7. The number of ether oxygens (including phenoxy) is 1. The summed E-state index contributed by atoms with van der Waals surface area (Å²) in [5, 5.41) is 6.40. The third-order valence-electron chi connectivity index (χ3n) is 2.59. The number of hydrogen-bond acceptors (Lipinski definition) is 7. The lowest BCUT2D eigenvalue weighted by atomic mass is 10.3. The monoisotopic (exact) mass is 311 g/mol. The summed E-state index contributed by atoms with van der Waals surface area (Å²) in [6.45, 7) is 3.00. The molecule has 0 amide bonds. The number of anilines is 1. The van der Waals surface area contributed by atoms with Gasteiger partial charge in [-0.1, -0.05) is 6.92 Å². The summed E-state index contributed by atoms with van der Waals surface area (Å²) in [4.78, 5) is 21.1. The molecule has 1 N–H and O–H groups in total.